The predicted octanol–water partition coefficient (Wildman–Crippen LogP) is 3.97. The summed E-state index contributed by atoms with van der Waals surface area (Å²) in [6.07, 6.45) is 1.94. The second-order valence-electron chi connectivity index (χ2n) is 6.40. The molecule has 0 radical (unpaired) electrons. The summed E-state index contributed by atoms with van der Waals surface area (Å²) in [4.78, 5) is 4.85. The molecule has 0 amide bonds. The van der Waals surface area contributed by atoms with Gasteiger partial charge in [-0.15, -0.1) is 24.0 Å². The fraction of sp³-hybridized carbons (Fsp3) is 0.611. The van der Waals surface area contributed by atoms with E-state index >= 15 is 0 Å². The van der Waals surface area contributed by atoms with Crippen LogP contribution in [0.1, 0.15) is 39.2 Å². The van der Waals surface area contributed by atoms with Crippen molar-refractivity contribution < 1.29 is 4.74 Å². The average Bonchev–Trinajstić information content (AvgIpc) is 2.53. The Kier molecular flexibility index (Phi) is 9.37. The second-order valence-corrected chi connectivity index (χ2v) is 6.83. The first-order valence-electron chi connectivity index (χ1n) is 8.44. The topological polar surface area (TPSA) is 45.7 Å². The number of hydrogen-bond acceptors (Lipinski definition) is 2. The van der Waals surface area contributed by atoms with Crippen molar-refractivity contribution in [3.8, 4) is 0 Å². The zero-order chi connectivity index (χ0) is 16.7. The Morgan fingerprint density at radius 2 is 2.04 bits per heavy atom. The summed E-state index contributed by atoms with van der Waals surface area (Å²) in [7, 11) is 0. The Morgan fingerprint density at radius 3 is 2.62 bits per heavy atom. The molecule has 24 heavy (non-hydrogen) atoms. The fourth-order valence-electron chi connectivity index (χ4n) is 2.94. The molecule has 1 fully saturated rings. The van der Waals surface area contributed by atoms with Gasteiger partial charge in [0.05, 0.1) is 6.54 Å². The minimum absolute atomic E-state index is 0. The van der Waals surface area contributed by atoms with E-state index in [1.165, 1.54) is 5.56 Å². The van der Waals surface area contributed by atoms with Crippen LogP contribution in [-0.4, -0.2) is 38.3 Å². The summed E-state index contributed by atoms with van der Waals surface area (Å²) >= 11 is 6.22. The molecule has 0 saturated carbocycles. The van der Waals surface area contributed by atoms with Crippen molar-refractivity contribution in [2.75, 3.05) is 26.3 Å². The molecule has 2 rings (SSSR count). The molecule has 1 heterocycles. The van der Waals surface area contributed by atoms with Crippen molar-refractivity contribution in [2.45, 2.75) is 45.1 Å². The van der Waals surface area contributed by atoms with E-state index in [-0.39, 0.29) is 29.4 Å². The number of nitrogens with zero attached hydrogens (tertiary/aromatic N) is 1. The Hall–Kier alpha value is -0.530. The number of halogens is 2. The quantitative estimate of drug-likeness (QED) is 0.393. The normalized spacial score (nSPS) is 17.3. The summed E-state index contributed by atoms with van der Waals surface area (Å²) in [5.74, 6) is 0.871. The van der Waals surface area contributed by atoms with Gasteiger partial charge >= 0.3 is 0 Å². The van der Waals surface area contributed by atoms with Crippen LogP contribution in [-0.2, 0) is 10.2 Å². The highest BCUT2D eigenvalue weighted by Crippen LogP contribution is 2.36. The van der Waals surface area contributed by atoms with Crippen LogP contribution in [0.5, 0.6) is 0 Å². The molecular weight excluding hydrogens is 437 g/mol. The highest BCUT2D eigenvalue weighted by atomic mass is 127. The van der Waals surface area contributed by atoms with Crippen molar-refractivity contribution in [1.82, 2.24) is 10.6 Å². The number of guanidine groups is 1. The van der Waals surface area contributed by atoms with E-state index in [1.807, 2.05) is 12.1 Å². The largest absolute Gasteiger partial charge is 0.381 e. The molecule has 1 aromatic rings. The standard InChI is InChI=1S/C18H28ClN3O.HI/c1-4-20-17(22-14(2)3)21-13-18(8-10-23-11-9-18)15-6-5-7-16(19)12-15;/h5-7,12,14H,4,8-11,13H2,1-3H3,(H2,20,21,22);1H. The van der Waals surface area contributed by atoms with Crippen molar-refractivity contribution in [1.29, 1.82) is 0 Å². The highest BCUT2D eigenvalue weighted by Gasteiger charge is 2.34. The summed E-state index contributed by atoms with van der Waals surface area (Å²) < 4.78 is 5.58. The Labute approximate surface area is 167 Å². The van der Waals surface area contributed by atoms with Crippen LogP contribution in [0.2, 0.25) is 5.02 Å². The number of benzene rings is 1. The molecule has 6 heteroatoms. The zero-order valence-electron chi connectivity index (χ0n) is 14.8. The van der Waals surface area contributed by atoms with Crippen molar-refractivity contribution in [2.24, 2.45) is 4.99 Å². The second kappa shape index (κ2) is 10.5. The van der Waals surface area contributed by atoms with E-state index in [1.54, 1.807) is 0 Å². The maximum Gasteiger partial charge on any atom is 0.191 e. The van der Waals surface area contributed by atoms with Crippen molar-refractivity contribution in [3.05, 3.63) is 34.9 Å². The van der Waals surface area contributed by atoms with Crippen LogP contribution in [0.25, 0.3) is 0 Å². The van der Waals surface area contributed by atoms with E-state index in [2.05, 4.69) is 43.5 Å². The molecule has 2 N–H and O–H groups in total. The SMILES string of the molecule is CCNC(=NCC1(c2cccc(Cl)c2)CCOCC1)NC(C)C.I. The first-order chi connectivity index (χ1) is 11.1. The minimum atomic E-state index is 0. The van der Waals surface area contributed by atoms with Crippen LogP contribution in [0, 0.1) is 0 Å². The summed E-state index contributed by atoms with van der Waals surface area (Å²) in [6.45, 7) is 9.46. The molecule has 136 valence electrons. The number of hydrogen-bond donors (Lipinski definition) is 2. The van der Waals surface area contributed by atoms with Gasteiger partial charge in [0.15, 0.2) is 5.96 Å². The van der Waals surface area contributed by atoms with E-state index < -0.39 is 0 Å². The van der Waals surface area contributed by atoms with Gasteiger partial charge in [-0.3, -0.25) is 4.99 Å². The first kappa shape index (κ1) is 21.5. The molecule has 4 nitrogen and oxygen atoms in total. The van der Waals surface area contributed by atoms with Gasteiger partial charge in [-0.25, -0.2) is 0 Å². The van der Waals surface area contributed by atoms with Gasteiger partial charge in [-0.2, -0.15) is 0 Å². The molecule has 1 aromatic carbocycles. The molecule has 1 saturated heterocycles. The van der Waals surface area contributed by atoms with E-state index in [4.69, 9.17) is 21.3 Å². The molecule has 0 bridgehead atoms. The number of rotatable bonds is 5. The van der Waals surface area contributed by atoms with Gasteiger partial charge < -0.3 is 15.4 Å². The van der Waals surface area contributed by atoms with Gasteiger partial charge in [0.25, 0.3) is 0 Å². The molecule has 0 unspecified atom stereocenters. The third-order valence-electron chi connectivity index (χ3n) is 4.20. The first-order valence-corrected chi connectivity index (χ1v) is 8.82. The minimum Gasteiger partial charge on any atom is -0.381 e. The van der Waals surface area contributed by atoms with Crippen LogP contribution >= 0.6 is 35.6 Å². The number of ether oxygens (including phenoxy) is 1. The molecular formula is C18H29ClIN3O. The fourth-order valence-corrected chi connectivity index (χ4v) is 3.13. The van der Waals surface area contributed by atoms with Gasteiger partial charge in [-0.05, 0) is 51.3 Å². The van der Waals surface area contributed by atoms with Crippen LogP contribution in [0.4, 0.5) is 0 Å². The molecule has 1 aliphatic heterocycles. The highest BCUT2D eigenvalue weighted by molar-refractivity contribution is 14.0. The molecule has 0 aliphatic carbocycles. The lowest BCUT2D eigenvalue weighted by Crippen LogP contribution is -2.43. The lowest BCUT2D eigenvalue weighted by molar-refractivity contribution is 0.0531. The van der Waals surface area contributed by atoms with Crippen molar-refractivity contribution in [3.63, 3.8) is 0 Å². The maximum atomic E-state index is 6.22. The average molecular weight is 466 g/mol. The van der Waals surface area contributed by atoms with Gasteiger partial charge in [0.2, 0.25) is 0 Å². The molecule has 1 aliphatic rings. The third kappa shape index (κ3) is 6.08. The summed E-state index contributed by atoms with van der Waals surface area (Å²) in [5.41, 5.74) is 1.26. The lowest BCUT2D eigenvalue weighted by atomic mass is 9.74. The monoisotopic (exact) mass is 465 g/mol. The van der Waals surface area contributed by atoms with Crippen LogP contribution in [0.3, 0.4) is 0 Å². The van der Waals surface area contributed by atoms with E-state index in [0.717, 1.165) is 50.1 Å². The number of nitrogens with one attached hydrogen (secondary N) is 2. The smallest absolute Gasteiger partial charge is 0.191 e. The van der Waals surface area contributed by atoms with Gasteiger partial charge in [0, 0.05) is 36.2 Å². The molecule has 0 spiro atoms. The van der Waals surface area contributed by atoms with Gasteiger partial charge in [-0.1, -0.05) is 23.7 Å². The number of aliphatic imine (C=N–C) groups is 1. The van der Waals surface area contributed by atoms with Crippen molar-refractivity contribution >= 4 is 41.5 Å². The van der Waals surface area contributed by atoms with Crippen LogP contribution in [0.15, 0.2) is 29.3 Å². The summed E-state index contributed by atoms with van der Waals surface area (Å²) in [5, 5.41) is 7.48. The molecule has 0 atom stereocenters. The summed E-state index contributed by atoms with van der Waals surface area (Å²) in [6, 6.07) is 8.53. The Balaban J connectivity index is 0.00000288. The Morgan fingerprint density at radius 1 is 1.33 bits per heavy atom. The van der Waals surface area contributed by atoms with E-state index in [9.17, 15) is 0 Å². The third-order valence-corrected chi connectivity index (χ3v) is 4.43. The Bertz CT molecular complexity index is 531. The predicted molar refractivity (Wildman–Crippen MR) is 113 cm³/mol. The van der Waals surface area contributed by atoms with E-state index in [0.29, 0.717) is 6.04 Å². The lowest BCUT2D eigenvalue weighted by Gasteiger charge is -2.37. The zero-order valence-corrected chi connectivity index (χ0v) is 17.9. The maximum absolute atomic E-state index is 6.22. The van der Waals surface area contributed by atoms with Crippen LogP contribution < -0.4 is 10.6 Å². The molecule has 0 aromatic heterocycles. The van der Waals surface area contributed by atoms with Gasteiger partial charge in [0.1, 0.15) is 0 Å².